The van der Waals surface area contributed by atoms with E-state index in [1.807, 2.05) is 30.3 Å². The third kappa shape index (κ3) is 3.50. The second kappa shape index (κ2) is 7.16. The lowest BCUT2D eigenvalue weighted by Gasteiger charge is -2.26. The molecule has 2 aromatic carbocycles. The summed E-state index contributed by atoms with van der Waals surface area (Å²) < 4.78 is 0. The summed E-state index contributed by atoms with van der Waals surface area (Å²) in [4.78, 5) is 27.6. The van der Waals surface area contributed by atoms with E-state index in [1.54, 1.807) is 36.2 Å². The van der Waals surface area contributed by atoms with Gasteiger partial charge in [-0.3, -0.25) is 9.59 Å². The molecule has 1 aliphatic rings. The van der Waals surface area contributed by atoms with Crippen molar-refractivity contribution >= 4 is 29.0 Å². The van der Waals surface area contributed by atoms with Gasteiger partial charge < -0.3 is 10.2 Å². The highest BCUT2D eigenvalue weighted by Gasteiger charge is 2.39. The maximum Gasteiger partial charge on any atom is 0.252 e. The molecule has 0 aromatic heterocycles. The summed E-state index contributed by atoms with van der Waals surface area (Å²) in [6.45, 7) is 0. The van der Waals surface area contributed by atoms with Crippen molar-refractivity contribution < 1.29 is 9.59 Å². The van der Waals surface area contributed by atoms with Crippen molar-refractivity contribution in [3.8, 4) is 0 Å². The van der Waals surface area contributed by atoms with Crippen molar-refractivity contribution in [1.29, 1.82) is 0 Å². The van der Waals surface area contributed by atoms with E-state index in [2.05, 4.69) is 5.32 Å². The third-order valence-corrected chi connectivity index (χ3v) is 4.36. The van der Waals surface area contributed by atoms with Crippen molar-refractivity contribution in [3.05, 3.63) is 65.2 Å². The van der Waals surface area contributed by atoms with Gasteiger partial charge in [0.05, 0.1) is 0 Å². The van der Waals surface area contributed by atoms with E-state index in [9.17, 15) is 9.59 Å². The van der Waals surface area contributed by atoms with Gasteiger partial charge in [-0.1, -0.05) is 29.8 Å². The number of carbonyl (C=O) groups is 2. The molecule has 124 valence electrons. The van der Waals surface area contributed by atoms with Gasteiger partial charge in [-0.2, -0.15) is 0 Å². The van der Waals surface area contributed by atoms with Crippen LogP contribution in [0.25, 0.3) is 0 Å². The molecule has 5 heteroatoms. The number of hydrogen-bond acceptors (Lipinski definition) is 3. The van der Waals surface area contributed by atoms with Gasteiger partial charge in [-0.25, -0.2) is 0 Å². The number of rotatable bonds is 6. The molecule has 1 aliphatic carbocycles. The van der Waals surface area contributed by atoms with E-state index >= 15 is 0 Å². The number of halogens is 1. The summed E-state index contributed by atoms with van der Waals surface area (Å²) in [5.41, 5.74) is 1.30. The van der Waals surface area contributed by atoms with Crippen molar-refractivity contribution in [2.24, 2.45) is 0 Å². The summed E-state index contributed by atoms with van der Waals surface area (Å²) in [6.07, 6.45) is 1.93. The molecule has 0 bridgehead atoms. The van der Waals surface area contributed by atoms with Crippen molar-refractivity contribution in [1.82, 2.24) is 5.32 Å². The standard InChI is InChI=1S/C19H19ClN2O2/c1-21-17(18(23)13-7-9-14(20)10-8-13)19(24)22(16-11-12-16)15-5-3-2-4-6-15/h2-10,16-17,21H,11-12H2,1H3. The maximum absolute atomic E-state index is 13.1. The molecular weight excluding hydrogens is 324 g/mol. The van der Waals surface area contributed by atoms with Crippen LogP contribution in [0.3, 0.4) is 0 Å². The van der Waals surface area contributed by atoms with Gasteiger partial charge in [-0.05, 0) is 56.3 Å². The van der Waals surface area contributed by atoms with E-state index in [4.69, 9.17) is 11.6 Å². The number of hydrogen-bond donors (Lipinski definition) is 1. The van der Waals surface area contributed by atoms with E-state index in [-0.39, 0.29) is 17.7 Å². The summed E-state index contributed by atoms with van der Waals surface area (Å²) in [7, 11) is 1.63. The largest absolute Gasteiger partial charge is 0.308 e. The Hall–Kier alpha value is -2.17. The van der Waals surface area contributed by atoms with Crippen molar-refractivity contribution in [2.45, 2.75) is 24.9 Å². The van der Waals surface area contributed by atoms with Crippen LogP contribution in [0.5, 0.6) is 0 Å². The van der Waals surface area contributed by atoms with Gasteiger partial charge in [0.2, 0.25) is 0 Å². The van der Waals surface area contributed by atoms with Crippen LogP contribution >= 0.6 is 11.6 Å². The van der Waals surface area contributed by atoms with Gasteiger partial charge in [0.25, 0.3) is 5.91 Å². The van der Waals surface area contributed by atoms with Gasteiger partial charge in [0, 0.05) is 22.3 Å². The number of para-hydroxylation sites is 1. The fourth-order valence-corrected chi connectivity index (χ4v) is 2.85. The highest BCUT2D eigenvalue weighted by atomic mass is 35.5. The highest BCUT2D eigenvalue weighted by Crippen LogP contribution is 2.32. The van der Waals surface area contributed by atoms with E-state index in [0.29, 0.717) is 10.6 Å². The Morgan fingerprint density at radius 2 is 1.71 bits per heavy atom. The van der Waals surface area contributed by atoms with Crippen molar-refractivity contribution in [3.63, 3.8) is 0 Å². The number of ketones is 1. The molecule has 0 heterocycles. The number of benzene rings is 2. The Bertz CT molecular complexity index is 727. The minimum atomic E-state index is -0.910. The normalized spacial score (nSPS) is 14.9. The molecule has 3 rings (SSSR count). The first-order valence-corrected chi connectivity index (χ1v) is 8.35. The van der Waals surface area contributed by atoms with Gasteiger partial charge in [0.15, 0.2) is 11.8 Å². The van der Waals surface area contributed by atoms with Crippen LogP contribution in [0.4, 0.5) is 5.69 Å². The molecule has 1 atom stereocenters. The number of likely N-dealkylation sites (N-methyl/N-ethyl adjacent to an activating group) is 1. The molecule has 1 fully saturated rings. The fraction of sp³-hybridized carbons (Fsp3) is 0.263. The number of Topliss-reactive ketones (excluding diaryl/α,β-unsaturated/α-hetero) is 1. The van der Waals surface area contributed by atoms with Crippen LogP contribution in [-0.2, 0) is 4.79 Å². The fourth-order valence-electron chi connectivity index (χ4n) is 2.73. The lowest BCUT2D eigenvalue weighted by Crippen LogP contribution is -2.50. The lowest BCUT2D eigenvalue weighted by molar-refractivity contribution is -0.119. The van der Waals surface area contributed by atoms with Crippen LogP contribution < -0.4 is 10.2 Å². The minimum absolute atomic E-state index is 0.175. The zero-order valence-corrected chi connectivity index (χ0v) is 14.2. The Balaban J connectivity index is 1.87. The van der Waals surface area contributed by atoms with Gasteiger partial charge >= 0.3 is 0 Å². The number of anilines is 1. The summed E-state index contributed by atoms with van der Waals surface area (Å²) in [6, 6.07) is 15.4. The number of nitrogens with one attached hydrogen (secondary N) is 1. The first kappa shape index (κ1) is 16.7. The van der Waals surface area contributed by atoms with Crippen LogP contribution in [-0.4, -0.2) is 30.8 Å². The Morgan fingerprint density at radius 1 is 1.08 bits per heavy atom. The predicted molar refractivity (Wildman–Crippen MR) is 95.6 cm³/mol. The van der Waals surface area contributed by atoms with Crippen molar-refractivity contribution in [2.75, 3.05) is 11.9 Å². The smallest absolute Gasteiger partial charge is 0.252 e. The molecule has 0 saturated heterocycles. The van der Waals surface area contributed by atoms with Crippen LogP contribution in [0.2, 0.25) is 5.02 Å². The monoisotopic (exact) mass is 342 g/mol. The Morgan fingerprint density at radius 3 is 2.25 bits per heavy atom. The predicted octanol–water partition coefficient (Wildman–Crippen LogP) is 3.31. The summed E-state index contributed by atoms with van der Waals surface area (Å²) in [5.74, 6) is -0.466. The molecule has 1 amide bonds. The molecule has 0 aliphatic heterocycles. The van der Waals surface area contributed by atoms with Gasteiger partial charge in [-0.15, -0.1) is 0 Å². The van der Waals surface area contributed by atoms with Crippen LogP contribution in [0.15, 0.2) is 54.6 Å². The van der Waals surface area contributed by atoms with Crippen LogP contribution in [0.1, 0.15) is 23.2 Å². The molecule has 0 spiro atoms. The average molecular weight is 343 g/mol. The molecule has 1 N–H and O–H groups in total. The topological polar surface area (TPSA) is 49.4 Å². The number of amides is 1. The zero-order chi connectivity index (χ0) is 17.1. The van der Waals surface area contributed by atoms with E-state index < -0.39 is 6.04 Å². The maximum atomic E-state index is 13.1. The second-order valence-electron chi connectivity index (χ2n) is 5.87. The van der Waals surface area contributed by atoms with E-state index in [1.165, 1.54) is 0 Å². The average Bonchev–Trinajstić information content (AvgIpc) is 3.42. The molecular formula is C19H19ClN2O2. The molecule has 1 saturated carbocycles. The second-order valence-corrected chi connectivity index (χ2v) is 6.30. The van der Waals surface area contributed by atoms with E-state index in [0.717, 1.165) is 18.5 Å². The first-order valence-electron chi connectivity index (χ1n) is 7.97. The first-order chi connectivity index (χ1) is 11.6. The Labute approximate surface area is 146 Å². The quantitative estimate of drug-likeness (QED) is 0.647. The SMILES string of the molecule is CNC(C(=O)c1ccc(Cl)cc1)C(=O)N(c1ccccc1)C1CC1. The highest BCUT2D eigenvalue weighted by molar-refractivity contribution is 6.30. The molecule has 1 unspecified atom stereocenters. The molecule has 2 aromatic rings. The number of carbonyl (C=O) groups excluding carboxylic acids is 2. The van der Waals surface area contributed by atoms with Crippen LogP contribution in [0, 0.1) is 0 Å². The Kier molecular flexibility index (Phi) is 4.97. The summed E-state index contributed by atoms with van der Waals surface area (Å²) >= 11 is 5.87. The zero-order valence-electron chi connectivity index (χ0n) is 13.4. The third-order valence-electron chi connectivity index (χ3n) is 4.11. The number of nitrogens with zero attached hydrogens (tertiary/aromatic N) is 1. The minimum Gasteiger partial charge on any atom is -0.308 e. The molecule has 24 heavy (non-hydrogen) atoms. The molecule has 4 nitrogen and oxygen atoms in total. The molecule has 0 radical (unpaired) electrons. The summed E-state index contributed by atoms with van der Waals surface area (Å²) in [5, 5.41) is 3.43. The lowest BCUT2D eigenvalue weighted by atomic mass is 10.0. The van der Waals surface area contributed by atoms with Gasteiger partial charge in [0.1, 0.15) is 0 Å².